The van der Waals surface area contributed by atoms with Gasteiger partial charge >= 0.3 is 0 Å². The highest BCUT2D eigenvalue weighted by atomic mass is 19.1. The van der Waals surface area contributed by atoms with Crippen molar-refractivity contribution in [1.82, 2.24) is 114 Å². The Hall–Kier alpha value is -13.8. The Balaban J connectivity index is 0.000000121. The molecule has 3 N–H and O–H groups in total. The third-order valence-electron chi connectivity index (χ3n) is 21.9. The molecule has 6 fully saturated rings. The average Bonchev–Trinajstić information content (AvgIpc) is 1.85. The topological polar surface area (TPSA) is 314 Å². The first-order valence-electron chi connectivity index (χ1n) is 40.4. The van der Waals surface area contributed by atoms with Crippen molar-refractivity contribution < 1.29 is 41.1 Å². The zero-order valence-electron chi connectivity index (χ0n) is 66.7. The molecule has 0 radical (unpaired) electrons. The molecule has 622 valence electrons. The van der Waals surface area contributed by atoms with Crippen LogP contribution in [-0.2, 0) is 25.7 Å². The van der Waals surface area contributed by atoms with Gasteiger partial charge in [0.15, 0.2) is 22.6 Å². The van der Waals surface area contributed by atoms with E-state index >= 15 is 0 Å². The largest absolute Gasteiger partial charge is 0.353 e. The molecule has 4 amide bonds. The Morgan fingerprint density at radius 2 is 0.926 bits per heavy atom. The summed E-state index contributed by atoms with van der Waals surface area (Å²) in [6.45, 7) is 8.68. The lowest BCUT2D eigenvalue weighted by Gasteiger charge is -2.27. The maximum Gasteiger partial charge on any atom is 0.246 e. The fraction of sp³-hybridized carbons (Fsp3) is 0.329. The number of piperazine rings is 1. The summed E-state index contributed by atoms with van der Waals surface area (Å²) in [4.78, 5) is 91.0. The van der Waals surface area contributed by atoms with Gasteiger partial charge in [0, 0.05) is 163 Å². The number of amides is 4. The van der Waals surface area contributed by atoms with E-state index in [1.807, 2.05) is 59.6 Å². The lowest BCUT2D eigenvalue weighted by atomic mass is 10.0. The van der Waals surface area contributed by atoms with E-state index in [0.717, 1.165) is 147 Å². The maximum absolute atomic E-state index is 14.5. The number of pyridine rings is 3. The zero-order chi connectivity index (χ0) is 83.6. The second-order valence-electron chi connectivity index (χ2n) is 30.3. The van der Waals surface area contributed by atoms with Gasteiger partial charge in [-0.15, -0.1) is 5.10 Å². The van der Waals surface area contributed by atoms with Crippen LogP contribution < -0.4 is 35.6 Å². The number of hydrogen-bond acceptors (Lipinski definition) is 22. The molecule has 17 heterocycles. The van der Waals surface area contributed by atoms with Crippen LogP contribution >= 0.6 is 0 Å². The molecule has 13 aromatic rings. The van der Waals surface area contributed by atoms with E-state index in [-0.39, 0.29) is 71.8 Å². The van der Waals surface area contributed by atoms with Gasteiger partial charge in [0.2, 0.25) is 23.6 Å². The molecule has 19 rings (SSSR count). The normalized spacial score (nSPS) is 17.9. The molecule has 0 bridgehead atoms. The van der Waals surface area contributed by atoms with Gasteiger partial charge in [-0.2, -0.15) is 20.4 Å². The summed E-state index contributed by atoms with van der Waals surface area (Å²) in [5.41, 5.74) is 9.01. The van der Waals surface area contributed by atoms with E-state index in [4.69, 9.17) is 19.9 Å². The van der Waals surface area contributed by atoms with Crippen LogP contribution in [0.25, 0.3) is 52.1 Å². The van der Waals surface area contributed by atoms with E-state index in [2.05, 4.69) is 76.3 Å². The van der Waals surface area contributed by atoms with Crippen LogP contribution in [0.15, 0.2) is 172 Å². The van der Waals surface area contributed by atoms with Crippen LogP contribution in [0.3, 0.4) is 0 Å². The summed E-state index contributed by atoms with van der Waals surface area (Å²) in [7, 11) is 3.40. The number of anilines is 4. The fourth-order valence-corrected chi connectivity index (χ4v) is 15.8. The van der Waals surface area contributed by atoms with Crippen LogP contribution in [-0.4, -0.2) is 201 Å². The molecule has 1 saturated carbocycles. The third kappa shape index (κ3) is 18.9. The molecule has 4 atom stereocenters. The molecule has 31 nitrogen and oxygen atoms in total. The number of likely N-dealkylation sites (N-methyl/N-ethyl adjacent to an activating group) is 2. The van der Waals surface area contributed by atoms with Crippen LogP contribution in [0.4, 0.5) is 45.2 Å². The van der Waals surface area contributed by atoms with Crippen molar-refractivity contribution in [2.45, 2.75) is 108 Å². The standard InChI is InChI=1S/C24H25F2N9O.C21H21FN6O.2C20H21FN6O/c25-16-3-4-19(26)17(12-16)21-2-1-8-34(21)22-5-9-35-24(29-22)18(13-28-35)20-14-33(31-30-20)15-23(36)32-10-6-27-7-11-32;22-16-10-15(11-23-13-16)18-2-1-8-27(18)19-7-9-28-21(26-19)14(12-24-28)3-6-20(29)25-17-4-5-17;1-25(2)19(28)6-5-14-12-23-27-9-7-18(24-20(14)27)26-8-3-4-17(26)15-10-16(21)13-22-11-15;1-2-23-19(28)6-5-14-12-24-27-9-7-18(25-20(14)27)26-8-3-4-17(26)15-10-16(21)13-22-11-15/h3-5,9,12-14,21,27H,1-2,6-8,10-11,15H2;3,6-7,9-13,17-18H,1-2,4-5,8H2,(H,25,29);5-7,9-13,17H,3-4,8H2,1-2H3;5-7,9-13,17H,2-4,8H2,1H3,(H,23,28)/b;6-3+;2*6-5+/t21-;;;/m1.../s1. The zero-order valence-corrected chi connectivity index (χ0v) is 66.7. The first kappa shape index (κ1) is 81.0. The summed E-state index contributed by atoms with van der Waals surface area (Å²) in [5.74, 6) is 0.821. The highest BCUT2D eigenvalue weighted by molar-refractivity contribution is 5.94. The van der Waals surface area contributed by atoms with Gasteiger partial charge in [0.05, 0.1) is 79.3 Å². The molecule has 36 heteroatoms. The maximum atomic E-state index is 14.5. The number of halogens is 5. The van der Waals surface area contributed by atoms with Gasteiger partial charge in [-0.1, -0.05) is 5.21 Å². The number of hydrogen-bond donors (Lipinski definition) is 3. The number of aromatic nitrogens is 18. The van der Waals surface area contributed by atoms with Crippen molar-refractivity contribution in [3.63, 3.8) is 0 Å². The van der Waals surface area contributed by atoms with Gasteiger partial charge in [0.1, 0.15) is 64.6 Å². The summed E-state index contributed by atoms with van der Waals surface area (Å²) in [6.07, 6.45) is 43.7. The van der Waals surface area contributed by atoms with E-state index in [0.29, 0.717) is 83.9 Å². The van der Waals surface area contributed by atoms with E-state index in [1.54, 1.807) is 112 Å². The highest BCUT2D eigenvalue weighted by Crippen LogP contribution is 2.41. The van der Waals surface area contributed by atoms with Crippen LogP contribution in [0, 0.1) is 29.1 Å². The number of carbonyl (C=O) groups excluding carboxylic acids is 4. The fourth-order valence-electron chi connectivity index (χ4n) is 15.8. The SMILES string of the molecule is CCNC(=O)/C=C/c1cnn2ccc(N3CCCC3c3cncc(F)c3)nc12.CN(C)C(=O)/C=C/c1cnn2ccc(N3CCCC3c3cncc(F)c3)nc12.O=C(/C=C/c1cnn2ccc(N3CCCC3c3cncc(F)c3)nc12)NC1CC1.O=C(Cn1cc(-c2cnn3ccc(N4CCC[C@@H]4c4cc(F)ccc4F)nc23)nn1)N1CCNCC1. The molecule has 1 aromatic carbocycles. The number of benzene rings is 1. The number of nitrogens with zero attached hydrogens (tertiary/aromatic N) is 24. The molecule has 1 aliphatic carbocycles. The Labute approximate surface area is 691 Å². The average molecular weight is 1650 g/mol. The van der Waals surface area contributed by atoms with Crippen LogP contribution in [0.5, 0.6) is 0 Å². The molecular formula is C85H88F5N27O4. The quantitative estimate of drug-likeness (QED) is 0.0500. The Morgan fingerprint density at radius 1 is 0.488 bits per heavy atom. The number of rotatable bonds is 19. The number of nitrogens with one attached hydrogen (secondary N) is 3. The van der Waals surface area contributed by atoms with Crippen molar-refractivity contribution in [2.24, 2.45) is 0 Å². The predicted octanol–water partition coefficient (Wildman–Crippen LogP) is 10.4. The third-order valence-corrected chi connectivity index (χ3v) is 21.9. The van der Waals surface area contributed by atoms with E-state index in [1.165, 1.54) is 70.7 Å². The lowest BCUT2D eigenvalue weighted by Crippen LogP contribution is -2.47. The van der Waals surface area contributed by atoms with Crippen molar-refractivity contribution in [3.05, 3.63) is 240 Å². The monoisotopic (exact) mass is 1650 g/mol. The van der Waals surface area contributed by atoms with Gasteiger partial charge in [0.25, 0.3) is 0 Å². The molecule has 3 unspecified atom stereocenters. The number of fused-ring (bicyclic) bond motifs is 4. The molecule has 12 aromatic heterocycles. The molecule has 0 spiro atoms. The van der Waals surface area contributed by atoms with Gasteiger partial charge in [-0.05, 0) is 167 Å². The van der Waals surface area contributed by atoms with E-state index < -0.39 is 11.6 Å². The van der Waals surface area contributed by atoms with Crippen molar-refractivity contribution in [1.29, 1.82) is 0 Å². The van der Waals surface area contributed by atoms with Crippen LogP contribution in [0.2, 0.25) is 0 Å². The Kier molecular flexibility index (Phi) is 24.5. The summed E-state index contributed by atoms with van der Waals surface area (Å²) >= 11 is 0. The Morgan fingerprint density at radius 3 is 1.39 bits per heavy atom. The van der Waals surface area contributed by atoms with Crippen molar-refractivity contribution in [2.75, 3.05) is 92.6 Å². The van der Waals surface area contributed by atoms with Gasteiger partial charge < -0.3 is 45.3 Å². The molecule has 6 aliphatic rings. The first-order valence-corrected chi connectivity index (χ1v) is 40.4. The van der Waals surface area contributed by atoms with Gasteiger partial charge in [-0.25, -0.2) is 64.6 Å². The van der Waals surface area contributed by atoms with Crippen LogP contribution in [0.1, 0.15) is 134 Å². The van der Waals surface area contributed by atoms with Crippen molar-refractivity contribution >= 4 is 87.7 Å². The minimum Gasteiger partial charge on any atom is -0.353 e. The van der Waals surface area contributed by atoms with E-state index in [9.17, 15) is 41.1 Å². The molecule has 5 saturated heterocycles. The summed E-state index contributed by atoms with van der Waals surface area (Å²) in [5, 5.41) is 34.6. The minimum atomic E-state index is -0.460. The van der Waals surface area contributed by atoms with Gasteiger partial charge in [-0.3, -0.25) is 34.1 Å². The number of carbonyl (C=O) groups is 4. The summed E-state index contributed by atoms with van der Waals surface area (Å²) < 4.78 is 77.5. The highest BCUT2D eigenvalue weighted by Gasteiger charge is 2.34. The second kappa shape index (κ2) is 36.6. The Bertz CT molecular complexity index is 6010. The lowest BCUT2D eigenvalue weighted by molar-refractivity contribution is -0.132. The second-order valence-corrected chi connectivity index (χ2v) is 30.3. The van der Waals surface area contributed by atoms with Crippen molar-refractivity contribution in [3.8, 4) is 11.3 Å². The molecular weight excluding hydrogens is 1560 g/mol. The minimum absolute atomic E-state index is 0.00196. The smallest absolute Gasteiger partial charge is 0.246 e. The molecule has 5 aliphatic heterocycles. The predicted molar refractivity (Wildman–Crippen MR) is 442 cm³/mol. The molecule has 121 heavy (non-hydrogen) atoms. The summed E-state index contributed by atoms with van der Waals surface area (Å²) in [6, 6.07) is 15.9. The first-order chi connectivity index (χ1) is 58.9.